The van der Waals surface area contributed by atoms with Crippen LogP contribution in [0.25, 0.3) is 5.69 Å². The second-order valence-electron chi connectivity index (χ2n) is 5.39. The zero-order valence-electron chi connectivity index (χ0n) is 12.3. The van der Waals surface area contributed by atoms with Crippen molar-refractivity contribution in [3.8, 4) is 5.69 Å². The van der Waals surface area contributed by atoms with Gasteiger partial charge < -0.3 is 10.6 Å². The minimum Gasteiger partial charge on any atom is -0.337 e. The fourth-order valence-electron chi connectivity index (χ4n) is 2.58. The van der Waals surface area contributed by atoms with Crippen molar-refractivity contribution >= 4 is 41.5 Å². The summed E-state index contributed by atoms with van der Waals surface area (Å²) in [5, 5.41) is 5.28. The molecule has 23 heavy (non-hydrogen) atoms. The van der Waals surface area contributed by atoms with E-state index >= 15 is 0 Å². The second-order valence-corrected chi connectivity index (χ2v) is 6.20. The van der Waals surface area contributed by atoms with Gasteiger partial charge in [0.05, 0.1) is 15.7 Å². The number of carbonyl (C=O) groups excluding carboxylic acids is 1. The normalized spacial score (nSPS) is 17.2. The summed E-state index contributed by atoms with van der Waals surface area (Å²) in [6, 6.07) is 6.93. The molecule has 1 fully saturated rings. The summed E-state index contributed by atoms with van der Waals surface area (Å²) >= 11 is 11.9. The molecule has 1 aliphatic heterocycles. The lowest BCUT2D eigenvalue weighted by Gasteiger charge is -2.14. The molecule has 1 aliphatic rings. The largest absolute Gasteiger partial charge is 0.337 e. The first-order chi connectivity index (χ1) is 10.6. The molecule has 1 aromatic heterocycles. The molecular weight excluding hydrogens is 359 g/mol. The molecule has 124 valence electrons. The summed E-state index contributed by atoms with van der Waals surface area (Å²) in [6.45, 7) is 2.05. The third-order valence-corrected chi connectivity index (χ3v) is 4.62. The van der Waals surface area contributed by atoms with Crippen LogP contribution in [0.2, 0.25) is 10.0 Å². The third kappa shape index (κ3) is 3.80. The fourth-order valence-corrected chi connectivity index (χ4v) is 2.87. The maximum absolute atomic E-state index is 12.4. The lowest BCUT2D eigenvalue weighted by molar-refractivity contribution is 0.0781. The van der Waals surface area contributed by atoms with Gasteiger partial charge in [0.25, 0.3) is 5.91 Å². The monoisotopic (exact) mass is 374 g/mol. The van der Waals surface area contributed by atoms with Gasteiger partial charge in [-0.2, -0.15) is 5.10 Å². The van der Waals surface area contributed by atoms with Crippen LogP contribution >= 0.6 is 35.6 Å². The standard InChI is InChI=1S/C15H16Cl2N4O.ClH/c16-12-2-1-11(7-13(12)17)21-6-4-14(19-21)15(22)20-5-3-10(8-18)9-20;/h1-2,4,6-7,10H,3,5,8-9,18H2;1H. The average molecular weight is 376 g/mol. The van der Waals surface area contributed by atoms with Crippen LogP contribution in [0.5, 0.6) is 0 Å². The number of carbonyl (C=O) groups is 1. The van der Waals surface area contributed by atoms with Gasteiger partial charge in [-0.25, -0.2) is 4.68 Å². The van der Waals surface area contributed by atoms with Crippen LogP contribution in [0.4, 0.5) is 0 Å². The molecule has 2 N–H and O–H groups in total. The highest BCUT2D eigenvalue weighted by atomic mass is 35.5. The Morgan fingerprint density at radius 3 is 2.74 bits per heavy atom. The highest BCUT2D eigenvalue weighted by molar-refractivity contribution is 6.42. The van der Waals surface area contributed by atoms with Crippen molar-refractivity contribution in [1.29, 1.82) is 0 Å². The van der Waals surface area contributed by atoms with Crippen LogP contribution in [0.3, 0.4) is 0 Å². The van der Waals surface area contributed by atoms with Gasteiger partial charge in [-0.05, 0) is 43.1 Å². The van der Waals surface area contributed by atoms with E-state index in [1.807, 2.05) is 0 Å². The molecule has 1 unspecified atom stereocenters. The highest BCUT2D eigenvalue weighted by Gasteiger charge is 2.27. The molecule has 1 amide bonds. The molecule has 5 nitrogen and oxygen atoms in total. The topological polar surface area (TPSA) is 64.2 Å². The van der Waals surface area contributed by atoms with Crippen molar-refractivity contribution in [2.75, 3.05) is 19.6 Å². The lowest BCUT2D eigenvalue weighted by atomic mass is 10.1. The predicted molar refractivity (Wildman–Crippen MR) is 93.9 cm³/mol. The van der Waals surface area contributed by atoms with E-state index in [1.165, 1.54) is 0 Å². The summed E-state index contributed by atoms with van der Waals surface area (Å²) < 4.78 is 1.62. The van der Waals surface area contributed by atoms with E-state index in [4.69, 9.17) is 28.9 Å². The minimum absolute atomic E-state index is 0. The highest BCUT2D eigenvalue weighted by Crippen LogP contribution is 2.24. The molecule has 0 bridgehead atoms. The molecule has 0 spiro atoms. The number of rotatable bonds is 3. The Kier molecular flexibility index (Phi) is 5.92. The van der Waals surface area contributed by atoms with Gasteiger partial charge in [-0.3, -0.25) is 4.79 Å². The summed E-state index contributed by atoms with van der Waals surface area (Å²) in [5.74, 6) is 0.330. The number of benzene rings is 1. The molecule has 3 rings (SSSR count). The molecule has 2 heterocycles. The van der Waals surface area contributed by atoms with Crippen LogP contribution in [0.15, 0.2) is 30.5 Å². The van der Waals surface area contributed by atoms with Crippen molar-refractivity contribution in [1.82, 2.24) is 14.7 Å². The molecule has 0 radical (unpaired) electrons. The van der Waals surface area contributed by atoms with Gasteiger partial charge in [-0.1, -0.05) is 23.2 Å². The predicted octanol–water partition coefficient (Wildman–Crippen LogP) is 3.02. The second kappa shape index (κ2) is 7.53. The number of hydrogen-bond acceptors (Lipinski definition) is 3. The summed E-state index contributed by atoms with van der Waals surface area (Å²) in [6.07, 6.45) is 2.69. The zero-order valence-corrected chi connectivity index (χ0v) is 14.6. The van der Waals surface area contributed by atoms with Crippen molar-refractivity contribution in [2.45, 2.75) is 6.42 Å². The van der Waals surface area contributed by atoms with Gasteiger partial charge in [0.2, 0.25) is 0 Å². The van der Waals surface area contributed by atoms with Crippen LogP contribution in [-0.4, -0.2) is 40.2 Å². The van der Waals surface area contributed by atoms with Gasteiger partial charge in [0.15, 0.2) is 5.69 Å². The van der Waals surface area contributed by atoms with E-state index in [1.54, 1.807) is 40.0 Å². The van der Waals surface area contributed by atoms with Gasteiger partial charge >= 0.3 is 0 Å². The average Bonchev–Trinajstić information content (AvgIpc) is 3.18. The maximum atomic E-state index is 12.4. The number of nitrogens with two attached hydrogens (primary N) is 1. The van der Waals surface area contributed by atoms with Crippen LogP contribution in [0, 0.1) is 5.92 Å². The van der Waals surface area contributed by atoms with E-state index in [9.17, 15) is 4.79 Å². The molecule has 2 aromatic rings. The van der Waals surface area contributed by atoms with E-state index in [2.05, 4.69) is 5.10 Å². The zero-order chi connectivity index (χ0) is 15.7. The number of likely N-dealkylation sites (tertiary alicyclic amines) is 1. The number of aromatic nitrogens is 2. The fraction of sp³-hybridized carbons (Fsp3) is 0.333. The van der Waals surface area contributed by atoms with Crippen molar-refractivity contribution in [3.63, 3.8) is 0 Å². The first kappa shape index (κ1) is 18.1. The maximum Gasteiger partial charge on any atom is 0.274 e. The summed E-state index contributed by atoms with van der Waals surface area (Å²) in [7, 11) is 0. The van der Waals surface area contributed by atoms with Crippen molar-refractivity contribution < 1.29 is 4.79 Å². The number of hydrogen-bond donors (Lipinski definition) is 1. The molecular formula is C15H17Cl3N4O. The molecule has 1 atom stereocenters. The van der Waals surface area contributed by atoms with E-state index in [-0.39, 0.29) is 18.3 Å². The Hall–Kier alpha value is -1.27. The molecule has 1 aromatic carbocycles. The molecule has 0 saturated carbocycles. The van der Waals surface area contributed by atoms with Crippen LogP contribution in [0.1, 0.15) is 16.9 Å². The van der Waals surface area contributed by atoms with Crippen molar-refractivity contribution in [3.05, 3.63) is 46.2 Å². The van der Waals surface area contributed by atoms with E-state index < -0.39 is 0 Å². The lowest BCUT2D eigenvalue weighted by Crippen LogP contribution is -2.30. The first-order valence-corrected chi connectivity index (χ1v) is 7.84. The number of amides is 1. The Morgan fingerprint density at radius 1 is 1.30 bits per heavy atom. The van der Waals surface area contributed by atoms with E-state index in [0.717, 1.165) is 18.7 Å². The first-order valence-electron chi connectivity index (χ1n) is 7.09. The Morgan fingerprint density at radius 2 is 2.09 bits per heavy atom. The van der Waals surface area contributed by atoms with E-state index in [0.29, 0.717) is 34.7 Å². The van der Waals surface area contributed by atoms with Gasteiger partial charge in [-0.15, -0.1) is 12.4 Å². The smallest absolute Gasteiger partial charge is 0.274 e. The Balaban J connectivity index is 0.00000192. The Labute approximate surface area is 150 Å². The Bertz CT molecular complexity index is 704. The third-order valence-electron chi connectivity index (χ3n) is 3.88. The summed E-state index contributed by atoms with van der Waals surface area (Å²) in [4.78, 5) is 14.2. The van der Waals surface area contributed by atoms with Gasteiger partial charge in [0.1, 0.15) is 0 Å². The van der Waals surface area contributed by atoms with Crippen LogP contribution < -0.4 is 5.73 Å². The number of nitrogens with zero attached hydrogens (tertiary/aromatic N) is 3. The minimum atomic E-state index is -0.0604. The summed E-state index contributed by atoms with van der Waals surface area (Å²) in [5.41, 5.74) is 6.84. The molecule has 0 aliphatic carbocycles. The molecule has 8 heteroatoms. The SMILES string of the molecule is Cl.NCC1CCN(C(=O)c2ccn(-c3ccc(Cl)c(Cl)c3)n2)C1. The van der Waals surface area contributed by atoms with Gasteiger partial charge in [0, 0.05) is 19.3 Å². The quantitative estimate of drug-likeness (QED) is 0.897. The van der Waals surface area contributed by atoms with Crippen LogP contribution in [-0.2, 0) is 0 Å². The number of halogens is 3. The molecule has 1 saturated heterocycles. The van der Waals surface area contributed by atoms with Crippen molar-refractivity contribution in [2.24, 2.45) is 11.7 Å².